The lowest BCUT2D eigenvalue weighted by Gasteiger charge is -2.17. The minimum absolute atomic E-state index is 0.130. The van der Waals surface area contributed by atoms with Crippen molar-refractivity contribution in [3.63, 3.8) is 0 Å². The molecule has 3 amide bonds. The molecular weight excluding hydrogens is 281 g/mol. The smallest absolute Gasteiger partial charge is 0.340 e. The molecule has 4 N–H and O–H groups in total. The van der Waals surface area contributed by atoms with Crippen LogP contribution in [0.15, 0.2) is 18.2 Å². The van der Waals surface area contributed by atoms with Crippen molar-refractivity contribution >= 4 is 23.6 Å². The summed E-state index contributed by atoms with van der Waals surface area (Å²) in [4.78, 5) is 35.4. The number of nitrogens with zero attached hydrogens (tertiary/aromatic N) is 1. The van der Waals surface area contributed by atoms with E-state index in [1.807, 2.05) is 0 Å². The Morgan fingerprint density at radius 3 is 2.67 bits per heavy atom. The first-order valence-corrected chi connectivity index (χ1v) is 6.27. The Morgan fingerprint density at radius 2 is 2.10 bits per heavy atom. The maximum absolute atomic E-state index is 13.5. The summed E-state index contributed by atoms with van der Waals surface area (Å²) in [7, 11) is 0. The molecule has 0 radical (unpaired) electrons. The lowest BCUT2D eigenvalue weighted by Crippen LogP contribution is -2.35. The molecule has 1 aliphatic rings. The predicted octanol–water partition coefficient (Wildman–Crippen LogP) is 0.863. The fourth-order valence-electron chi connectivity index (χ4n) is 2.22. The van der Waals surface area contributed by atoms with Crippen LogP contribution in [0.2, 0.25) is 0 Å². The number of primary amides is 1. The molecule has 1 atom stereocenters. The van der Waals surface area contributed by atoms with Crippen molar-refractivity contribution in [2.75, 3.05) is 18.4 Å². The molecule has 7 nitrogen and oxygen atoms in total. The van der Waals surface area contributed by atoms with E-state index in [1.54, 1.807) is 0 Å². The number of hydrogen-bond acceptors (Lipinski definition) is 3. The van der Waals surface area contributed by atoms with Crippen LogP contribution in [0.1, 0.15) is 16.8 Å². The second-order valence-electron chi connectivity index (χ2n) is 4.73. The highest BCUT2D eigenvalue weighted by atomic mass is 19.1. The molecule has 21 heavy (non-hydrogen) atoms. The van der Waals surface area contributed by atoms with Gasteiger partial charge in [0.25, 0.3) is 0 Å². The molecule has 112 valence electrons. The van der Waals surface area contributed by atoms with Gasteiger partial charge in [0.05, 0.1) is 11.6 Å². The number of nitrogens with one attached hydrogen (secondary N) is 1. The van der Waals surface area contributed by atoms with E-state index in [0.29, 0.717) is 13.0 Å². The number of carbonyl (C=O) groups is 3. The van der Waals surface area contributed by atoms with E-state index < -0.39 is 35.2 Å². The summed E-state index contributed by atoms with van der Waals surface area (Å²) in [5.74, 6) is -3.30. The van der Waals surface area contributed by atoms with Crippen LogP contribution < -0.4 is 11.1 Å². The number of carboxylic acid groups (broad SMARTS) is 1. The maximum Gasteiger partial charge on any atom is 0.340 e. The molecule has 0 spiro atoms. The van der Waals surface area contributed by atoms with E-state index in [2.05, 4.69) is 5.32 Å². The average Bonchev–Trinajstić information content (AvgIpc) is 2.88. The van der Waals surface area contributed by atoms with Crippen LogP contribution in [0.3, 0.4) is 0 Å². The quantitative estimate of drug-likeness (QED) is 0.767. The first kappa shape index (κ1) is 14.8. The first-order valence-electron chi connectivity index (χ1n) is 6.27. The number of carboxylic acids is 1. The molecule has 0 bridgehead atoms. The van der Waals surface area contributed by atoms with Gasteiger partial charge in [-0.05, 0) is 18.6 Å². The zero-order chi connectivity index (χ0) is 15.6. The number of hydrogen-bond donors (Lipinski definition) is 3. The third-order valence-corrected chi connectivity index (χ3v) is 3.35. The number of anilines is 1. The van der Waals surface area contributed by atoms with Crippen molar-refractivity contribution in [3.8, 4) is 0 Å². The van der Waals surface area contributed by atoms with Gasteiger partial charge in [-0.25, -0.2) is 14.0 Å². The van der Waals surface area contributed by atoms with Gasteiger partial charge in [-0.3, -0.25) is 4.79 Å². The Kier molecular flexibility index (Phi) is 4.06. The van der Waals surface area contributed by atoms with Gasteiger partial charge in [-0.1, -0.05) is 6.07 Å². The number of halogens is 1. The highest BCUT2D eigenvalue weighted by Gasteiger charge is 2.30. The summed E-state index contributed by atoms with van der Waals surface area (Å²) in [5.41, 5.74) is 4.44. The van der Waals surface area contributed by atoms with E-state index in [1.165, 1.54) is 17.0 Å². The van der Waals surface area contributed by atoms with E-state index in [-0.39, 0.29) is 12.2 Å². The number of nitrogens with two attached hydrogens (primary N) is 1. The van der Waals surface area contributed by atoms with Gasteiger partial charge in [0.2, 0.25) is 5.91 Å². The Hall–Kier alpha value is -2.64. The SMILES string of the molecule is NC(=O)C1CCN(C(=O)Nc2cccc(F)c2C(=O)O)C1. The average molecular weight is 295 g/mol. The summed E-state index contributed by atoms with van der Waals surface area (Å²) in [5, 5.41) is 11.3. The first-order chi connectivity index (χ1) is 9.90. The van der Waals surface area contributed by atoms with E-state index >= 15 is 0 Å². The lowest BCUT2D eigenvalue weighted by molar-refractivity contribution is -0.121. The number of carbonyl (C=O) groups excluding carboxylic acids is 2. The lowest BCUT2D eigenvalue weighted by atomic mass is 10.1. The van der Waals surface area contributed by atoms with Crippen LogP contribution in [-0.2, 0) is 4.79 Å². The molecule has 1 saturated heterocycles. The fourth-order valence-corrected chi connectivity index (χ4v) is 2.22. The molecule has 8 heteroatoms. The molecule has 1 fully saturated rings. The van der Waals surface area contributed by atoms with Crippen LogP contribution in [0.4, 0.5) is 14.9 Å². The second-order valence-corrected chi connectivity index (χ2v) is 4.73. The standard InChI is InChI=1S/C13H14FN3O4/c14-8-2-1-3-9(10(8)12(19)20)16-13(21)17-5-4-7(6-17)11(15)18/h1-3,7H,4-6H2,(H2,15,18)(H,16,21)(H,19,20). The topological polar surface area (TPSA) is 113 Å². The van der Waals surface area contributed by atoms with Gasteiger partial charge in [0, 0.05) is 13.1 Å². The monoisotopic (exact) mass is 295 g/mol. The molecule has 1 aromatic carbocycles. The summed E-state index contributed by atoms with van der Waals surface area (Å²) in [6.45, 7) is 0.496. The van der Waals surface area contributed by atoms with Crippen molar-refractivity contribution in [2.45, 2.75) is 6.42 Å². The third kappa shape index (κ3) is 3.10. The summed E-state index contributed by atoms with van der Waals surface area (Å²) in [6.07, 6.45) is 0.456. The second kappa shape index (κ2) is 5.78. The van der Waals surface area contributed by atoms with Crippen LogP contribution in [0, 0.1) is 11.7 Å². The number of likely N-dealkylation sites (tertiary alicyclic amines) is 1. The fraction of sp³-hybridized carbons (Fsp3) is 0.308. The highest BCUT2D eigenvalue weighted by Crippen LogP contribution is 2.21. The van der Waals surface area contributed by atoms with Gasteiger partial charge in [0.15, 0.2) is 0 Å². The Labute approximate surface area is 119 Å². The van der Waals surface area contributed by atoms with Gasteiger partial charge in [-0.2, -0.15) is 0 Å². The Balaban J connectivity index is 2.12. The van der Waals surface area contributed by atoms with Crippen molar-refractivity contribution in [2.24, 2.45) is 11.7 Å². The minimum atomic E-state index is -1.47. The number of aromatic carboxylic acids is 1. The summed E-state index contributed by atoms with van der Waals surface area (Å²) >= 11 is 0. The number of amides is 3. The minimum Gasteiger partial charge on any atom is -0.478 e. The van der Waals surface area contributed by atoms with Crippen molar-refractivity contribution in [1.82, 2.24) is 4.90 Å². The molecular formula is C13H14FN3O4. The number of benzene rings is 1. The largest absolute Gasteiger partial charge is 0.478 e. The zero-order valence-electron chi connectivity index (χ0n) is 11.0. The zero-order valence-corrected chi connectivity index (χ0v) is 11.0. The number of urea groups is 1. The molecule has 2 rings (SSSR count). The van der Waals surface area contributed by atoms with Gasteiger partial charge in [-0.15, -0.1) is 0 Å². The van der Waals surface area contributed by atoms with E-state index in [9.17, 15) is 18.8 Å². The van der Waals surface area contributed by atoms with Crippen molar-refractivity contribution in [1.29, 1.82) is 0 Å². The van der Waals surface area contributed by atoms with Crippen LogP contribution in [0.25, 0.3) is 0 Å². The Bertz CT molecular complexity index is 605. The molecule has 1 aromatic rings. The summed E-state index contributed by atoms with van der Waals surface area (Å²) < 4.78 is 13.5. The van der Waals surface area contributed by atoms with Crippen LogP contribution in [-0.4, -0.2) is 41.0 Å². The van der Waals surface area contributed by atoms with Crippen molar-refractivity contribution in [3.05, 3.63) is 29.6 Å². The normalized spacial score (nSPS) is 17.6. The van der Waals surface area contributed by atoms with Crippen molar-refractivity contribution < 1.29 is 23.9 Å². The number of rotatable bonds is 3. The predicted molar refractivity (Wildman–Crippen MR) is 71.3 cm³/mol. The molecule has 0 aliphatic carbocycles. The van der Waals surface area contributed by atoms with Crippen LogP contribution >= 0.6 is 0 Å². The maximum atomic E-state index is 13.5. The molecule has 0 aromatic heterocycles. The van der Waals surface area contributed by atoms with E-state index in [0.717, 1.165) is 6.07 Å². The van der Waals surface area contributed by atoms with E-state index in [4.69, 9.17) is 10.8 Å². The molecule has 1 heterocycles. The highest BCUT2D eigenvalue weighted by molar-refractivity contribution is 6.00. The van der Waals surface area contributed by atoms with Crippen LogP contribution in [0.5, 0.6) is 0 Å². The Morgan fingerprint density at radius 1 is 1.38 bits per heavy atom. The van der Waals surface area contributed by atoms with Gasteiger partial charge >= 0.3 is 12.0 Å². The third-order valence-electron chi connectivity index (χ3n) is 3.35. The summed E-state index contributed by atoms with van der Waals surface area (Å²) in [6, 6.07) is 3.00. The van der Waals surface area contributed by atoms with Gasteiger partial charge < -0.3 is 21.1 Å². The molecule has 1 aliphatic heterocycles. The van der Waals surface area contributed by atoms with Gasteiger partial charge in [0.1, 0.15) is 11.4 Å². The molecule has 0 saturated carbocycles. The molecule has 1 unspecified atom stereocenters.